The highest BCUT2D eigenvalue weighted by molar-refractivity contribution is 5.52. The second-order valence-corrected chi connectivity index (χ2v) is 7.48. The maximum atomic E-state index is 5.35. The van der Waals surface area contributed by atoms with E-state index in [2.05, 4.69) is 62.4 Å². The maximum Gasteiger partial charge on any atom is 0.118 e. The summed E-state index contributed by atoms with van der Waals surface area (Å²) in [5, 5.41) is 0. The van der Waals surface area contributed by atoms with Crippen LogP contribution in [0.5, 0.6) is 11.5 Å². The minimum absolute atomic E-state index is 0.271. The van der Waals surface area contributed by atoms with Gasteiger partial charge in [0.2, 0.25) is 0 Å². The zero-order chi connectivity index (χ0) is 16.9. The molecule has 24 heavy (non-hydrogen) atoms. The lowest BCUT2D eigenvalue weighted by Crippen LogP contribution is -2.75. The first-order valence-electron chi connectivity index (χ1n) is 8.89. The first kappa shape index (κ1) is 15.6. The molecule has 2 aliphatic rings. The Kier molecular flexibility index (Phi) is 3.42. The van der Waals surface area contributed by atoms with Gasteiger partial charge in [-0.15, -0.1) is 0 Å². The Bertz CT molecular complexity index is 668. The lowest BCUT2D eigenvalue weighted by atomic mass is 9.26. The molecule has 0 radical (unpaired) electrons. The zero-order valence-corrected chi connectivity index (χ0v) is 15.0. The topological polar surface area (TPSA) is 18.5 Å². The van der Waals surface area contributed by atoms with Gasteiger partial charge < -0.3 is 9.47 Å². The Morgan fingerprint density at radius 2 is 1.00 bits per heavy atom. The molecule has 4 rings (SSSR count). The SMILES string of the molecule is COc1ccc([C@]23CC[C@@]2(c2ccc(OC)cc2)[C@@H](C)[C@H]3C)cc1. The smallest absolute Gasteiger partial charge is 0.118 e. The van der Waals surface area contributed by atoms with Gasteiger partial charge in [-0.05, 0) is 60.1 Å². The van der Waals surface area contributed by atoms with Crippen molar-refractivity contribution in [3.8, 4) is 11.5 Å². The average Bonchev–Trinajstić information content (AvgIpc) is 2.62. The zero-order valence-electron chi connectivity index (χ0n) is 15.0. The molecule has 2 heteroatoms. The molecule has 2 aromatic rings. The van der Waals surface area contributed by atoms with Crippen molar-refractivity contribution in [2.75, 3.05) is 14.2 Å². The largest absolute Gasteiger partial charge is 0.497 e. The van der Waals surface area contributed by atoms with Crippen LogP contribution in [0.4, 0.5) is 0 Å². The molecule has 2 saturated carbocycles. The van der Waals surface area contributed by atoms with Crippen LogP contribution in [0.1, 0.15) is 37.8 Å². The fourth-order valence-electron chi connectivity index (χ4n) is 5.80. The molecule has 0 spiro atoms. The number of ether oxygens (including phenoxy) is 2. The molecule has 0 aliphatic heterocycles. The maximum absolute atomic E-state index is 5.35. The van der Waals surface area contributed by atoms with E-state index in [9.17, 15) is 0 Å². The summed E-state index contributed by atoms with van der Waals surface area (Å²) in [6.07, 6.45) is 2.55. The van der Waals surface area contributed by atoms with Crippen molar-refractivity contribution >= 4 is 0 Å². The molecule has 2 fully saturated rings. The molecule has 2 aliphatic carbocycles. The van der Waals surface area contributed by atoms with Crippen LogP contribution in [0, 0.1) is 11.8 Å². The number of benzene rings is 2. The van der Waals surface area contributed by atoms with E-state index in [-0.39, 0.29) is 10.8 Å². The molecule has 0 aromatic heterocycles. The molecule has 0 bridgehead atoms. The van der Waals surface area contributed by atoms with Gasteiger partial charge in [0.25, 0.3) is 0 Å². The Balaban J connectivity index is 1.78. The first-order valence-corrected chi connectivity index (χ1v) is 8.89. The van der Waals surface area contributed by atoms with E-state index in [0.717, 1.165) is 11.5 Å². The van der Waals surface area contributed by atoms with Crippen molar-refractivity contribution in [3.63, 3.8) is 0 Å². The summed E-state index contributed by atoms with van der Waals surface area (Å²) in [7, 11) is 3.46. The lowest BCUT2D eigenvalue weighted by Gasteiger charge is -2.76. The van der Waals surface area contributed by atoms with Crippen molar-refractivity contribution in [1.82, 2.24) is 0 Å². The summed E-state index contributed by atoms with van der Waals surface area (Å²) < 4.78 is 10.7. The molecular weight excluding hydrogens is 296 g/mol. The molecule has 4 atom stereocenters. The molecule has 2 aromatic carbocycles. The fraction of sp³-hybridized carbons (Fsp3) is 0.455. The fourth-order valence-corrected chi connectivity index (χ4v) is 5.80. The first-order chi connectivity index (χ1) is 11.6. The van der Waals surface area contributed by atoms with Crippen LogP contribution in [0.2, 0.25) is 0 Å². The number of fused-ring (bicyclic) bond motifs is 1. The lowest BCUT2D eigenvalue weighted by molar-refractivity contribution is -0.155. The number of methoxy groups -OCH3 is 2. The summed E-state index contributed by atoms with van der Waals surface area (Å²) >= 11 is 0. The second kappa shape index (κ2) is 5.27. The van der Waals surface area contributed by atoms with Gasteiger partial charge in [-0.25, -0.2) is 0 Å². The van der Waals surface area contributed by atoms with Crippen LogP contribution in [0.15, 0.2) is 48.5 Å². The molecular formula is C22H26O2. The Hall–Kier alpha value is -1.96. The molecule has 2 nitrogen and oxygen atoms in total. The number of rotatable bonds is 4. The van der Waals surface area contributed by atoms with E-state index in [4.69, 9.17) is 9.47 Å². The van der Waals surface area contributed by atoms with Crippen LogP contribution >= 0.6 is 0 Å². The van der Waals surface area contributed by atoms with Crippen LogP contribution in [-0.2, 0) is 10.8 Å². The summed E-state index contributed by atoms with van der Waals surface area (Å²) in [5.41, 5.74) is 3.48. The monoisotopic (exact) mass is 322 g/mol. The normalized spacial score (nSPS) is 33.8. The molecule has 0 N–H and O–H groups in total. The predicted octanol–water partition coefficient (Wildman–Crippen LogP) is 4.96. The Morgan fingerprint density at radius 1 is 0.667 bits per heavy atom. The predicted molar refractivity (Wildman–Crippen MR) is 96.9 cm³/mol. The van der Waals surface area contributed by atoms with Crippen LogP contribution in [-0.4, -0.2) is 14.2 Å². The Labute approximate surface area is 144 Å². The van der Waals surface area contributed by atoms with Crippen LogP contribution < -0.4 is 9.47 Å². The van der Waals surface area contributed by atoms with Gasteiger partial charge in [-0.2, -0.15) is 0 Å². The number of hydrogen-bond acceptors (Lipinski definition) is 2. The highest BCUT2D eigenvalue weighted by atomic mass is 16.5. The quantitative estimate of drug-likeness (QED) is 0.792. The minimum Gasteiger partial charge on any atom is -0.497 e. The van der Waals surface area contributed by atoms with E-state index < -0.39 is 0 Å². The minimum atomic E-state index is 0.271. The third-order valence-corrected chi connectivity index (χ3v) is 7.22. The van der Waals surface area contributed by atoms with Crippen molar-refractivity contribution in [2.24, 2.45) is 11.8 Å². The van der Waals surface area contributed by atoms with Gasteiger partial charge in [0.05, 0.1) is 14.2 Å². The van der Waals surface area contributed by atoms with Crippen LogP contribution in [0.25, 0.3) is 0 Å². The van der Waals surface area contributed by atoms with Gasteiger partial charge in [-0.3, -0.25) is 0 Å². The van der Waals surface area contributed by atoms with Crippen molar-refractivity contribution in [2.45, 2.75) is 37.5 Å². The standard InChI is InChI=1S/C22H26O2/c1-15-16(2)22(18-7-11-20(24-4)12-8-18)14-13-21(15,22)17-5-9-19(23-3)10-6-17/h5-12,15-16H,13-14H2,1-4H3/t15-,16+,21-,22+. The third kappa shape index (κ3) is 1.67. The average molecular weight is 322 g/mol. The van der Waals surface area contributed by atoms with E-state index in [1.807, 2.05) is 0 Å². The molecule has 0 amide bonds. The molecule has 126 valence electrons. The highest BCUT2D eigenvalue weighted by Crippen LogP contribution is 2.76. The number of hydrogen-bond donors (Lipinski definition) is 0. The van der Waals surface area contributed by atoms with E-state index in [0.29, 0.717) is 11.8 Å². The van der Waals surface area contributed by atoms with E-state index in [1.165, 1.54) is 24.0 Å². The molecule has 0 heterocycles. The second-order valence-electron chi connectivity index (χ2n) is 7.48. The molecule has 0 saturated heterocycles. The van der Waals surface area contributed by atoms with Crippen LogP contribution in [0.3, 0.4) is 0 Å². The summed E-state index contributed by atoms with van der Waals surface area (Å²) in [6, 6.07) is 17.5. The summed E-state index contributed by atoms with van der Waals surface area (Å²) in [6.45, 7) is 4.85. The van der Waals surface area contributed by atoms with Crippen molar-refractivity contribution < 1.29 is 9.47 Å². The summed E-state index contributed by atoms with van der Waals surface area (Å²) in [5.74, 6) is 3.26. The van der Waals surface area contributed by atoms with Gasteiger partial charge in [-0.1, -0.05) is 38.1 Å². The van der Waals surface area contributed by atoms with E-state index >= 15 is 0 Å². The van der Waals surface area contributed by atoms with Gasteiger partial charge in [0.15, 0.2) is 0 Å². The van der Waals surface area contributed by atoms with E-state index in [1.54, 1.807) is 14.2 Å². The third-order valence-electron chi connectivity index (χ3n) is 7.22. The molecule has 0 unspecified atom stereocenters. The van der Waals surface area contributed by atoms with Gasteiger partial charge in [0, 0.05) is 10.8 Å². The van der Waals surface area contributed by atoms with Gasteiger partial charge >= 0.3 is 0 Å². The van der Waals surface area contributed by atoms with Gasteiger partial charge in [0.1, 0.15) is 11.5 Å². The van der Waals surface area contributed by atoms with Crippen molar-refractivity contribution in [3.05, 3.63) is 59.7 Å². The Morgan fingerprint density at radius 3 is 1.25 bits per heavy atom. The summed E-state index contributed by atoms with van der Waals surface area (Å²) in [4.78, 5) is 0. The highest BCUT2D eigenvalue weighted by Gasteiger charge is 2.74. The van der Waals surface area contributed by atoms with Crippen molar-refractivity contribution in [1.29, 1.82) is 0 Å².